The highest BCUT2D eigenvalue weighted by Crippen LogP contribution is 2.49. The van der Waals surface area contributed by atoms with E-state index in [1.807, 2.05) is 13.0 Å². The number of carbonyl (C=O) groups excluding carboxylic acids is 10. The van der Waals surface area contributed by atoms with E-state index in [9.17, 15) is 53.1 Å². The number of rotatable bonds is 23. The molecular weight excluding hydrogens is 1170 g/mol. The smallest absolute Gasteiger partial charge is 0.410 e. The van der Waals surface area contributed by atoms with Crippen LogP contribution < -0.4 is 42.0 Å². The van der Waals surface area contributed by atoms with Crippen molar-refractivity contribution in [2.75, 3.05) is 51.6 Å². The Morgan fingerprint density at radius 1 is 0.966 bits per heavy atom. The van der Waals surface area contributed by atoms with Gasteiger partial charge in [0.05, 0.1) is 25.3 Å². The molecule has 10 amide bonds. The Morgan fingerprint density at radius 3 is 2.31 bits per heavy atom. The molecule has 2 aromatic carbocycles. The number of benzene rings is 2. The molecule has 0 radical (unpaired) electrons. The Bertz CT molecular complexity index is 3010. The normalized spacial score (nSPS) is 24.7. The second kappa shape index (κ2) is 30.7. The minimum Gasteiger partial charge on any atom is -0.495 e. The zero-order valence-electron chi connectivity index (χ0n) is 51.3. The van der Waals surface area contributed by atoms with Crippen molar-refractivity contribution in [2.24, 2.45) is 17.6 Å². The van der Waals surface area contributed by atoms with Gasteiger partial charge in [0.2, 0.25) is 23.6 Å². The third-order valence-corrected chi connectivity index (χ3v) is 16.4. The number of anilines is 2. The van der Waals surface area contributed by atoms with E-state index in [1.165, 1.54) is 52.3 Å². The number of halogens is 1. The summed E-state index contributed by atoms with van der Waals surface area (Å²) in [5.41, 5.74) is 4.68. The fraction of sp³-hybridized carbons (Fsp3) is 0.541. The Balaban J connectivity index is 1.09. The van der Waals surface area contributed by atoms with Crippen LogP contribution in [-0.2, 0) is 70.3 Å². The molecule has 6 rings (SSSR count). The number of fused-ring (bicyclic) bond motifs is 5. The number of urea groups is 1. The van der Waals surface area contributed by atoms with Crippen LogP contribution in [0.15, 0.2) is 72.4 Å². The molecule has 88 heavy (non-hydrogen) atoms. The molecule has 10 atom stereocenters. The number of likely N-dealkylation sites (N-methyl/N-ethyl adjacent to an activating group) is 1. The van der Waals surface area contributed by atoms with Crippen LogP contribution in [0.2, 0.25) is 5.02 Å². The first-order valence-corrected chi connectivity index (χ1v) is 29.5. The standard InChI is InChI=1S/C61H82ClN9O17/c1-34(2)52(67-47(72)19-12-11-13-27-71-48(73)24-25-49(71)74)55(77)66-41(17-15-26-64-57(63)79)54(76)65-40-22-20-38(21-23-40)33-85-59(81)69(7)37(5)56(78)87-46-31-50(75)70(8)42-29-39(30-43(83-9)51(42)62)28-35(3)16-14-18-45(84-10)61(82)32-44(86-58(80)68-61)36(4)53-60(46,6)88-53/h14,16,18,20-25,29-30,34,36-37,41,44-46,52-53,82H,11-13,15,17,19,26-28,31-33H2,1-10H3,(H,65,76)(H,66,77)(H,67,72)(H,68,80)(H3,63,64,79)/b18-14-,35-16-/t36-,37+,41+,44+,45-,46+,52+,53+,60+,61+/m1/s1. The van der Waals surface area contributed by atoms with E-state index in [0.29, 0.717) is 48.4 Å². The molecule has 4 heterocycles. The number of esters is 1. The number of nitrogens with one attached hydrogen (secondary N) is 5. The van der Waals surface area contributed by atoms with Crippen molar-refractivity contribution in [3.8, 4) is 5.75 Å². The number of carbonyl (C=O) groups is 10. The molecule has 26 nitrogen and oxygen atoms in total. The van der Waals surface area contributed by atoms with Crippen molar-refractivity contribution in [3.05, 3.63) is 88.5 Å². The first-order valence-electron chi connectivity index (χ1n) is 29.1. The summed E-state index contributed by atoms with van der Waals surface area (Å²) in [6.07, 6.45) is 3.41. The fourth-order valence-corrected chi connectivity index (χ4v) is 10.8. The maximum absolute atomic E-state index is 14.4. The summed E-state index contributed by atoms with van der Waals surface area (Å²) in [7, 11) is 5.70. The highest BCUT2D eigenvalue weighted by atomic mass is 35.5. The minimum absolute atomic E-state index is 0.0698. The number of methoxy groups -OCH3 is 2. The lowest BCUT2D eigenvalue weighted by atomic mass is 9.83. The van der Waals surface area contributed by atoms with E-state index in [4.69, 9.17) is 45.8 Å². The van der Waals surface area contributed by atoms with Gasteiger partial charge in [-0.05, 0) is 94.2 Å². The van der Waals surface area contributed by atoms with E-state index in [2.05, 4.69) is 26.6 Å². The van der Waals surface area contributed by atoms with Gasteiger partial charge in [-0.25, -0.2) is 19.2 Å². The molecule has 480 valence electrons. The highest BCUT2D eigenvalue weighted by molar-refractivity contribution is 6.35. The van der Waals surface area contributed by atoms with Gasteiger partial charge in [-0.2, -0.15) is 0 Å². The predicted octanol–water partition coefficient (Wildman–Crippen LogP) is 4.82. The second-order valence-electron chi connectivity index (χ2n) is 23.0. The molecule has 0 saturated carbocycles. The SMILES string of the molecule is COc1cc2cc(c1Cl)N(C)C(=O)C[C@H](OC(=O)[C@H](C)N(C)C(=O)OCc1ccc(NC(=O)[C@H](CCCNC(N)=O)NC(=O)[C@@H](NC(=O)CCCCCN3C(=O)C=CC3=O)C(C)C)cc1)[C@]1(C)O[C@H]1[C@H](C)[C@@H]1C[C@@](O)(NC(=O)O1)[C@H](OC)/C=C\C=C(\C)C2. The lowest BCUT2D eigenvalue weighted by Crippen LogP contribution is -2.63. The minimum atomic E-state index is -1.91. The predicted molar refractivity (Wildman–Crippen MR) is 321 cm³/mol. The van der Waals surface area contributed by atoms with Crippen LogP contribution in [0.1, 0.15) is 104 Å². The zero-order chi connectivity index (χ0) is 64.8. The van der Waals surface area contributed by atoms with E-state index < -0.39 is 114 Å². The average Bonchev–Trinajstić information content (AvgIpc) is 1.82. The van der Waals surface area contributed by atoms with Gasteiger partial charge < -0.3 is 65.4 Å². The number of allylic oxidation sites excluding steroid dienone is 3. The van der Waals surface area contributed by atoms with Gasteiger partial charge in [-0.1, -0.05) is 74.7 Å². The molecule has 0 unspecified atom stereocenters. The lowest BCUT2D eigenvalue weighted by molar-refractivity contribution is -0.158. The summed E-state index contributed by atoms with van der Waals surface area (Å²) < 4.78 is 35.0. The van der Waals surface area contributed by atoms with E-state index in [-0.39, 0.29) is 68.1 Å². The topological polar surface area (TPSA) is 346 Å². The van der Waals surface area contributed by atoms with Crippen LogP contribution in [0.25, 0.3) is 0 Å². The average molecular weight is 1250 g/mol. The third kappa shape index (κ3) is 18.0. The van der Waals surface area contributed by atoms with Gasteiger partial charge >= 0.3 is 24.2 Å². The number of hydrogen-bond donors (Lipinski definition) is 7. The Hall–Kier alpha value is -8.07. The largest absolute Gasteiger partial charge is 0.495 e. The van der Waals surface area contributed by atoms with Crippen LogP contribution >= 0.6 is 11.6 Å². The molecular formula is C61H82ClN9O17. The molecule has 2 saturated heterocycles. The summed E-state index contributed by atoms with van der Waals surface area (Å²) in [5, 5.41) is 25.3. The quantitative estimate of drug-likeness (QED) is 0.0258. The van der Waals surface area contributed by atoms with Gasteiger partial charge in [-0.15, -0.1) is 0 Å². The summed E-state index contributed by atoms with van der Waals surface area (Å²) in [5.74, 6) is -4.54. The first kappa shape index (κ1) is 69.0. The Morgan fingerprint density at radius 2 is 1.66 bits per heavy atom. The maximum atomic E-state index is 14.4. The van der Waals surface area contributed by atoms with Gasteiger partial charge in [0, 0.05) is 70.9 Å². The molecule has 4 aliphatic heterocycles. The number of alkyl carbamates (subject to hydrolysis) is 1. The first-order chi connectivity index (χ1) is 41.6. The molecule has 0 spiro atoms. The Labute approximate surface area is 516 Å². The lowest BCUT2D eigenvalue weighted by Gasteiger charge is -2.42. The van der Waals surface area contributed by atoms with Crippen molar-refractivity contribution >= 4 is 82.6 Å². The molecule has 27 heteroatoms. The fourth-order valence-electron chi connectivity index (χ4n) is 10.5. The number of primary amides is 1. The zero-order valence-corrected chi connectivity index (χ0v) is 52.1. The number of imide groups is 1. The van der Waals surface area contributed by atoms with Crippen LogP contribution in [0.5, 0.6) is 5.75 Å². The number of unbranched alkanes of at least 4 members (excludes halogenated alkanes) is 2. The number of nitrogens with zero attached hydrogens (tertiary/aromatic N) is 3. The van der Waals surface area contributed by atoms with Crippen molar-refractivity contribution in [3.63, 3.8) is 0 Å². The summed E-state index contributed by atoms with van der Waals surface area (Å²) in [6.45, 7) is 10.2. The molecule has 2 fully saturated rings. The molecule has 8 N–H and O–H groups in total. The third-order valence-electron chi connectivity index (χ3n) is 16.1. The van der Waals surface area contributed by atoms with Crippen LogP contribution in [0.3, 0.4) is 0 Å². The van der Waals surface area contributed by atoms with Gasteiger partial charge in [0.15, 0.2) is 5.72 Å². The van der Waals surface area contributed by atoms with Crippen LogP contribution in [0, 0.1) is 11.8 Å². The van der Waals surface area contributed by atoms with Gasteiger partial charge in [0.1, 0.15) is 59.4 Å². The van der Waals surface area contributed by atoms with E-state index >= 15 is 0 Å². The van der Waals surface area contributed by atoms with Crippen molar-refractivity contribution in [2.45, 2.75) is 160 Å². The van der Waals surface area contributed by atoms with Gasteiger partial charge in [0.25, 0.3) is 11.8 Å². The highest BCUT2D eigenvalue weighted by Gasteiger charge is 2.64. The maximum Gasteiger partial charge on any atom is 0.410 e. The van der Waals surface area contributed by atoms with Crippen LogP contribution in [0.4, 0.5) is 25.8 Å². The van der Waals surface area contributed by atoms with E-state index in [1.54, 1.807) is 76.2 Å². The Kier molecular flexibility index (Phi) is 24.1. The van der Waals surface area contributed by atoms with Crippen molar-refractivity contribution < 1.29 is 81.5 Å². The summed E-state index contributed by atoms with van der Waals surface area (Å²) >= 11 is 6.83. The molecule has 4 aliphatic rings. The van der Waals surface area contributed by atoms with E-state index in [0.717, 1.165) is 20.9 Å². The van der Waals surface area contributed by atoms with Crippen molar-refractivity contribution in [1.82, 2.24) is 31.1 Å². The molecule has 0 aromatic heterocycles. The number of hydrogen-bond acceptors (Lipinski definition) is 17. The summed E-state index contributed by atoms with van der Waals surface area (Å²) in [4.78, 5) is 134. The van der Waals surface area contributed by atoms with Gasteiger partial charge in [-0.3, -0.25) is 43.9 Å². The van der Waals surface area contributed by atoms with Crippen molar-refractivity contribution in [1.29, 1.82) is 0 Å². The summed E-state index contributed by atoms with van der Waals surface area (Å²) in [6, 6.07) is 5.55. The number of epoxide rings is 1. The number of amides is 10. The number of nitrogens with two attached hydrogens (primary N) is 1. The molecule has 4 bridgehead atoms. The molecule has 0 aliphatic carbocycles. The molecule has 2 aromatic rings. The van der Waals surface area contributed by atoms with Crippen LogP contribution in [-0.4, -0.2) is 170 Å². The number of ether oxygens (including phenoxy) is 6. The number of aliphatic hydroxyl groups is 1. The monoisotopic (exact) mass is 1250 g/mol. The second-order valence-corrected chi connectivity index (χ2v) is 23.4.